The molecular weight excluding hydrogens is 334 g/mol. The lowest BCUT2D eigenvalue weighted by Crippen LogP contribution is -2.16. The lowest BCUT2D eigenvalue weighted by molar-refractivity contribution is 0.0773. The maximum Gasteiger partial charge on any atom is 0.204 e. The number of hydrogen-bond acceptors (Lipinski definition) is 4. The third kappa shape index (κ3) is 5.46. The van der Waals surface area contributed by atoms with E-state index < -0.39 is 0 Å². The molecule has 0 radical (unpaired) electrons. The first-order valence-corrected chi connectivity index (χ1v) is 9.43. The monoisotopic (exact) mass is 361 g/mol. The minimum absolute atomic E-state index is 0.0726. The van der Waals surface area contributed by atoms with Gasteiger partial charge in [0.15, 0.2) is 6.61 Å². The van der Waals surface area contributed by atoms with E-state index in [1.807, 2.05) is 19.9 Å². The van der Waals surface area contributed by atoms with E-state index in [0.29, 0.717) is 23.7 Å². The number of amidine groups is 1. The molecule has 0 saturated carbocycles. The van der Waals surface area contributed by atoms with E-state index >= 15 is 0 Å². The largest absolute Gasteiger partial charge is 0.386 e. The van der Waals surface area contributed by atoms with E-state index in [1.54, 1.807) is 11.3 Å². The standard InChI is InChI=1S/C19H27N3O2S/c1-13(2)10-19(20)21-24-12-18(23)17-11-14(3)22(15(17)4)8-7-16-6-5-9-25-16/h5-6,9,11,13H,7-8,10,12H2,1-4H3,(H2,20,21). The van der Waals surface area contributed by atoms with Crippen molar-refractivity contribution < 1.29 is 9.63 Å². The Kier molecular flexibility index (Phi) is 6.82. The molecule has 2 aromatic heterocycles. The van der Waals surface area contributed by atoms with Gasteiger partial charge in [-0.15, -0.1) is 11.3 Å². The van der Waals surface area contributed by atoms with Crippen molar-refractivity contribution in [1.82, 2.24) is 4.57 Å². The molecule has 0 aromatic carbocycles. The van der Waals surface area contributed by atoms with Crippen molar-refractivity contribution >= 4 is 23.0 Å². The van der Waals surface area contributed by atoms with Crippen LogP contribution in [0.2, 0.25) is 0 Å². The third-order valence-electron chi connectivity index (χ3n) is 4.03. The Morgan fingerprint density at radius 1 is 1.40 bits per heavy atom. The Labute approximate surface area is 153 Å². The summed E-state index contributed by atoms with van der Waals surface area (Å²) >= 11 is 1.76. The predicted octanol–water partition coefficient (Wildman–Crippen LogP) is 3.93. The number of hydrogen-bond donors (Lipinski definition) is 1. The molecule has 136 valence electrons. The van der Waals surface area contributed by atoms with Gasteiger partial charge in [0.05, 0.1) is 0 Å². The Hall–Kier alpha value is -2.08. The van der Waals surface area contributed by atoms with Crippen molar-refractivity contribution in [3.63, 3.8) is 0 Å². The van der Waals surface area contributed by atoms with Crippen LogP contribution in [0, 0.1) is 19.8 Å². The molecule has 2 aromatic rings. The number of Topliss-reactive ketones (excluding diaryl/α,β-unsaturated/α-hetero) is 1. The first kappa shape index (κ1) is 19.2. The Balaban J connectivity index is 1.97. The number of aryl methyl sites for hydroxylation is 2. The lowest BCUT2D eigenvalue weighted by Gasteiger charge is -2.09. The van der Waals surface area contributed by atoms with Crippen molar-refractivity contribution in [2.45, 2.75) is 47.1 Å². The second kappa shape index (κ2) is 8.85. The second-order valence-electron chi connectivity index (χ2n) is 6.64. The number of thiophene rings is 1. The predicted molar refractivity (Wildman–Crippen MR) is 103 cm³/mol. The summed E-state index contributed by atoms with van der Waals surface area (Å²) < 4.78 is 2.18. The van der Waals surface area contributed by atoms with Crippen molar-refractivity contribution in [2.24, 2.45) is 16.8 Å². The zero-order valence-electron chi connectivity index (χ0n) is 15.4. The van der Waals surface area contributed by atoms with E-state index in [4.69, 9.17) is 10.6 Å². The van der Waals surface area contributed by atoms with Crippen LogP contribution in [0.25, 0.3) is 0 Å². The molecule has 2 N–H and O–H groups in total. The minimum atomic E-state index is -0.0893. The normalized spacial score (nSPS) is 12.0. The van der Waals surface area contributed by atoms with Gasteiger partial charge in [0.25, 0.3) is 0 Å². The Morgan fingerprint density at radius 2 is 2.16 bits per heavy atom. The van der Waals surface area contributed by atoms with Crippen LogP contribution in [0.15, 0.2) is 28.7 Å². The van der Waals surface area contributed by atoms with Crippen molar-refractivity contribution in [3.05, 3.63) is 45.4 Å². The molecule has 2 rings (SSSR count). The smallest absolute Gasteiger partial charge is 0.204 e. The van der Waals surface area contributed by atoms with Gasteiger partial charge in [-0.25, -0.2) is 0 Å². The average molecular weight is 362 g/mol. The number of carbonyl (C=O) groups excluding carboxylic acids is 1. The van der Waals surface area contributed by atoms with Crippen LogP contribution < -0.4 is 5.73 Å². The molecule has 25 heavy (non-hydrogen) atoms. The number of oxime groups is 1. The number of carbonyl (C=O) groups is 1. The summed E-state index contributed by atoms with van der Waals surface area (Å²) in [5.41, 5.74) is 8.51. The summed E-state index contributed by atoms with van der Waals surface area (Å²) in [5, 5.41) is 5.91. The van der Waals surface area contributed by atoms with Gasteiger partial charge >= 0.3 is 0 Å². The van der Waals surface area contributed by atoms with Crippen LogP contribution >= 0.6 is 11.3 Å². The van der Waals surface area contributed by atoms with Gasteiger partial charge in [0.2, 0.25) is 5.78 Å². The molecule has 0 saturated heterocycles. The molecule has 0 unspecified atom stereocenters. The third-order valence-corrected chi connectivity index (χ3v) is 4.97. The maximum absolute atomic E-state index is 12.4. The topological polar surface area (TPSA) is 69.6 Å². The van der Waals surface area contributed by atoms with Gasteiger partial charge in [0, 0.05) is 34.8 Å². The summed E-state index contributed by atoms with van der Waals surface area (Å²) in [6, 6.07) is 6.13. The van der Waals surface area contributed by atoms with Crippen LogP contribution in [0.4, 0.5) is 0 Å². The van der Waals surface area contributed by atoms with Gasteiger partial charge < -0.3 is 15.1 Å². The summed E-state index contributed by atoms with van der Waals surface area (Å²) in [5.74, 6) is 0.756. The summed E-state index contributed by atoms with van der Waals surface area (Å²) in [6.07, 6.45) is 1.62. The van der Waals surface area contributed by atoms with E-state index in [-0.39, 0.29) is 12.4 Å². The zero-order valence-corrected chi connectivity index (χ0v) is 16.2. The minimum Gasteiger partial charge on any atom is -0.386 e. The van der Waals surface area contributed by atoms with E-state index in [2.05, 4.69) is 41.1 Å². The zero-order chi connectivity index (χ0) is 18.4. The van der Waals surface area contributed by atoms with Crippen LogP contribution in [0.5, 0.6) is 0 Å². The molecule has 0 aliphatic rings. The molecular formula is C19H27N3O2S. The highest BCUT2D eigenvalue weighted by molar-refractivity contribution is 7.09. The fraction of sp³-hybridized carbons (Fsp3) is 0.474. The van der Waals surface area contributed by atoms with Crippen molar-refractivity contribution in [1.29, 1.82) is 0 Å². The lowest BCUT2D eigenvalue weighted by atomic mass is 10.1. The number of aromatic nitrogens is 1. The molecule has 0 atom stereocenters. The summed E-state index contributed by atoms with van der Waals surface area (Å²) in [6.45, 7) is 8.89. The number of nitrogens with two attached hydrogens (primary N) is 1. The molecule has 5 nitrogen and oxygen atoms in total. The first-order chi connectivity index (χ1) is 11.9. The highest BCUT2D eigenvalue weighted by Crippen LogP contribution is 2.18. The Morgan fingerprint density at radius 3 is 2.80 bits per heavy atom. The molecule has 0 aliphatic carbocycles. The quantitative estimate of drug-likeness (QED) is 0.318. The highest BCUT2D eigenvalue weighted by atomic mass is 32.1. The van der Waals surface area contributed by atoms with Crippen LogP contribution in [0.3, 0.4) is 0 Å². The fourth-order valence-corrected chi connectivity index (χ4v) is 3.51. The van der Waals surface area contributed by atoms with E-state index in [1.165, 1.54) is 4.88 Å². The van der Waals surface area contributed by atoms with E-state index in [9.17, 15) is 4.79 Å². The van der Waals surface area contributed by atoms with Gasteiger partial charge in [-0.05, 0) is 43.7 Å². The van der Waals surface area contributed by atoms with Gasteiger partial charge in [0.1, 0.15) is 5.84 Å². The number of nitrogens with zero attached hydrogens (tertiary/aromatic N) is 2. The van der Waals surface area contributed by atoms with Crippen molar-refractivity contribution in [2.75, 3.05) is 6.61 Å². The molecule has 6 heteroatoms. The Bertz CT molecular complexity index is 730. The summed E-state index contributed by atoms with van der Waals surface area (Å²) in [7, 11) is 0. The fourth-order valence-electron chi connectivity index (χ4n) is 2.81. The first-order valence-electron chi connectivity index (χ1n) is 8.55. The second-order valence-corrected chi connectivity index (χ2v) is 7.68. The number of rotatable bonds is 9. The molecule has 0 fully saturated rings. The molecule has 0 amide bonds. The van der Waals surface area contributed by atoms with Gasteiger partial charge in [-0.1, -0.05) is 25.1 Å². The SMILES string of the molecule is Cc1cc(C(=O)CO/N=C(\N)CC(C)C)c(C)n1CCc1cccs1. The van der Waals surface area contributed by atoms with Crippen LogP contribution in [-0.2, 0) is 17.8 Å². The van der Waals surface area contributed by atoms with Gasteiger partial charge in [-0.2, -0.15) is 0 Å². The molecule has 0 bridgehead atoms. The molecule has 2 heterocycles. The average Bonchev–Trinajstić information content (AvgIpc) is 3.13. The van der Waals surface area contributed by atoms with E-state index in [0.717, 1.165) is 24.4 Å². The highest BCUT2D eigenvalue weighted by Gasteiger charge is 2.16. The van der Waals surface area contributed by atoms with Crippen molar-refractivity contribution in [3.8, 4) is 0 Å². The summed E-state index contributed by atoms with van der Waals surface area (Å²) in [4.78, 5) is 18.9. The molecule has 0 spiro atoms. The van der Waals surface area contributed by atoms with Crippen LogP contribution in [-0.4, -0.2) is 22.8 Å². The number of ketones is 1. The van der Waals surface area contributed by atoms with Gasteiger partial charge in [-0.3, -0.25) is 4.79 Å². The van der Waals surface area contributed by atoms with Crippen LogP contribution in [0.1, 0.15) is 46.9 Å². The molecule has 0 aliphatic heterocycles. The maximum atomic E-state index is 12.4.